The molecule has 2 aromatic rings. The van der Waals surface area contributed by atoms with Crippen LogP contribution in [0.15, 0.2) is 35.7 Å². The van der Waals surface area contributed by atoms with E-state index >= 15 is 0 Å². The second kappa shape index (κ2) is 6.29. The number of carbonyl (C=O) groups is 2. The zero-order chi connectivity index (χ0) is 14.5. The summed E-state index contributed by atoms with van der Waals surface area (Å²) in [4.78, 5) is 29.2. The number of nitrogens with zero attached hydrogens (tertiary/aromatic N) is 2. The van der Waals surface area contributed by atoms with Gasteiger partial charge < -0.3 is 10.2 Å². The van der Waals surface area contributed by atoms with E-state index in [-0.39, 0.29) is 11.8 Å². The summed E-state index contributed by atoms with van der Waals surface area (Å²) in [5.41, 5.74) is 1.17. The maximum atomic E-state index is 12.4. The molecule has 1 aromatic heterocycles. The molecule has 0 fully saturated rings. The molecular formula is C14H15N3O2S. The van der Waals surface area contributed by atoms with Crippen molar-refractivity contribution in [2.24, 2.45) is 0 Å². The van der Waals surface area contributed by atoms with E-state index in [2.05, 4.69) is 10.3 Å². The Labute approximate surface area is 121 Å². The molecule has 1 heterocycles. The SMILES string of the molecule is CCN(C(=O)c1csc(NC(C)=O)n1)c1ccccc1. The quantitative estimate of drug-likeness (QED) is 0.941. The number of hydrogen-bond donors (Lipinski definition) is 1. The molecule has 0 aliphatic heterocycles. The molecule has 5 nitrogen and oxygen atoms in total. The van der Waals surface area contributed by atoms with E-state index in [1.165, 1.54) is 18.3 Å². The topological polar surface area (TPSA) is 62.3 Å². The van der Waals surface area contributed by atoms with Crippen molar-refractivity contribution in [3.63, 3.8) is 0 Å². The molecule has 0 unspecified atom stereocenters. The highest BCUT2D eigenvalue weighted by molar-refractivity contribution is 7.14. The average molecular weight is 289 g/mol. The molecule has 2 amide bonds. The van der Waals surface area contributed by atoms with Crippen LogP contribution < -0.4 is 10.2 Å². The first kappa shape index (κ1) is 14.2. The van der Waals surface area contributed by atoms with E-state index in [9.17, 15) is 9.59 Å². The number of hydrogen-bond acceptors (Lipinski definition) is 4. The molecule has 0 radical (unpaired) electrons. The van der Waals surface area contributed by atoms with Crippen molar-refractivity contribution in [1.29, 1.82) is 0 Å². The number of anilines is 2. The normalized spacial score (nSPS) is 10.1. The fourth-order valence-corrected chi connectivity index (χ4v) is 2.50. The van der Waals surface area contributed by atoms with Crippen molar-refractivity contribution in [2.45, 2.75) is 13.8 Å². The van der Waals surface area contributed by atoms with Gasteiger partial charge in [0.15, 0.2) is 5.13 Å². The minimum absolute atomic E-state index is 0.174. The Hall–Kier alpha value is -2.21. The lowest BCUT2D eigenvalue weighted by molar-refractivity contribution is -0.114. The number of rotatable bonds is 4. The van der Waals surface area contributed by atoms with Gasteiger partial charge in [-0.3, -0.25) is 9.59 Å². The summed E-state index contributed by atoms with van der Waals surface area (Å²) in [6.07, 6.45) is 0. The molecule has 0 aliphatic carbocycles. The largest absolute Gasteiger partial charge is 0.307 e. The monoisotopic (exact) mass is 289 g/mol. The third-order valence-electron chi connectivity index (χ3n) is 2.64. The van der Waals surface area contributed by atoms with E-state index < -0.39 is 0 Å². The van der Waals surface area contributed by atoms with Crippen molar-refractivity contribution in [3.05, 3.63) is 41.4 Å². The standard InChI is InChI=1S/C14H15N3O2S/c1-3-17(11-7-5-4-6-8-11)13(19)12-9-20-14(16-12)15-10(2)18/h4-9H,3H2,1-2H3,(H,15,16,18). The van der Waals surface area contributed by atoms with Gasteiger partial charge in [0.05, 0.1) is 0 Å². The molecular weight excluding hydrogens is 274 g/mol. The molecule has 104 valence electrons. The summed E-state index contributed by atoms with van der Waals surface area (Å²) in [5.74, 6) is -0.375. The number of para-hydroxylation sites is 1. The first-order valence-corrected chi connectivity index (χ1v) is 7.09. The molecule has 6 heteroatoms. The summed E-state index contributed by atoms with van der Waals surface area (Å²) in [6.45, 7) is 3.87. The lowest BCUT2D eigenvalue weighted by Gasteiger charge is -2.19. The van der Waals surface area contributed by atoms with Crippen molar-refractivity contribution < 1.29 is 9.59 Å². The number of carbonyl (C=O) groups excluding carboxylic acids is 2. The lowest BCUT2D eigenvalue weighted by Crippen LogP contribution is -2.30. The van der Waals surface area contributed by atoms with Gasteiger partial charge in [0, 0.05) is 24.5 Å². The summed E-state index contributed by atoms with van der Waals surface area (Å²) >= 11 is 1.24. The smallest absolute Gasteiger partial charge is 0.277 e. The van der Waals surface area contributed by atoms with Crippen LogP contribution in [0.3, 0.4) is 0 Å². The predicted molar refractivity (Wildman–Crippen MR) is 80.2 cm³/mol. The molecule has 0 bridgehead atoms. The maximum Gasteiger partial charge on any atom is 0.277 e. The van der Waals surface area contributed by atoms with Crippen LogP contribution in [-0.2, 0) is 4.79 Å². The molecule has 1 N–H and O–H groups in total. The van der Waals surface area contributed by atoms with Crippen LogP contribution in [-0.4, -0.2) is 23.3 Å². The van der Waals surface area contributed by atoms with Crippen LogP contribution in [0.5, 0.6) is 0 Å². The Kier molecular flexibility index (Phi) is 4.47. The van der Waals surface area contributed by atoms with Crippen molar-refractivity contribution in [3.8, 4) is 0 Å². The van der Waals surface area contributed by atoms with Crippen LogP contribution in [0.25, 0.3) is 0 Å². The van der Waals surface area contributed by atoms with Crippen molar-refractivity contribution in [2.75, 3.05) is 16.8 Å². The molecule has 0 spiro atoms. The van der Waals surface area contributed by atoms with E-state index in [4.69, 9.17) is 0 Å². The first-order valence-electron chi connectivity index (χ1n) is 6.22. The van der Waals surface area contributed by atoms with Crippen molar-refractivity contribution >= 4 is 34.0 Å². The summed E-state index contributed by atoms with van der Waals surface area (Å²) in [7, 11) is 0. The Morgan fingerprint density at radius 3 is 2.60 bits per heavy atom. The Morgan fingerprint density at radius 1 is 1.30 bits per heavy atom. The summed E-state index contributed by atoms with van der Waals surface area (Å²) < 4.78 is 0. The summed E-state index contributed by atoms with van der Waals surface area (Å²) in [6, 6.07) is 9.43. The van der Waals surface area contributed by atoms with E-state index in [0.717, 1.165) is 5.69 Å². The van der Waals surface area contributed by atoms with E-state index in [1.54, 1.807) is 10.3 Å². The lowest BCUT2D eigenvalue weighted by atomic mass is 10.2. The van der Waals surface area contributed by atoms with Crippen LogP contribution in [0, 0.1) is 0 Å². The van der Waals surface area contributed by atoms with Gasteiger partial charge in [0.1, 0.15) is 5.69 Å². The molecule has 0 saturated heterocycles. The number of aromatic nitrogens is 1. The molecule has 0 saturated carbocycles. The fourth-order valence-electron chi connectivity index (χ4n) is 1.77. The van der Waals surface area contributed by atoms with Gasteiger partial charge in [-0.15, -0.1) is 11.3 Å². The van der Waals surface area contributed by atoms with Crippen LogP contribution >= 0.6 is 11.3 Å². The highest BCUT2D eigenvalue weighted by atomic mass is 32.1. The fraction of sp³-hybridized carbons (Fsp3) is 0.214. The minimum atomic E-state index is -0.200. The van der Waals surface area contributed by atoms with Gasteiger partial charge >= 0.3 is 0 Å². The van der Waals surface area contributed by atoms with Gasteiger partial charge in [0.25, 0.3) is 5.91 Å². The van der Waals surface area contributed by atoms with Crippen LogP contribution in [0.1, 0.15) is 24.3 Å². The zero-order valence-corrected chi connectivity index (χ0v) is 12.1. The molecule has 0 atom stereocenters. The summed E-state index contributed by atoms with van der Waals surface area (Å²) in [5, 5.41) is 4.66. The molecule has 20 heavy (non-hydrogen) atoms. The highest BCUT2D eigenvalue weighted by Gasteiger charge is 2.19. The minimum Gasteiger partial charge on any atom is -0.307 e. The third-order valence-corrected chi connectivity index (χ3v) is 3.39. The Balaban J connectivity index is 2.21. The van der Waals surface area contributed by atoms with Gasteiger partial charge in [-0.1, -0.05) is 18.2 Å². The zero-order valence-electron chi connectivity index (χ0n) is 11.3. The van der Waals surface area contributed by atoms with Gasteiger partial charge in [-0.25, -0.2) is 4.98 Å². The molecule has 0 aliphatic rings. The number of benzene rings is 1. The van der Waals surface area contributed by atoms with Gasteiger partial charge in [-0.2, -0.15) is 0 Å². The van der Waals surface area contributed by atoms with Gasteiger partial charge in [-0.05, 0) is 19.1 Å². The Morgan fingerprint density at radius 2 is 2.00 bits per heavy atom. The first-order chi connectivity index (χ1) is 9.61. The van der Waals surface area contributed by atoms with Crippen molar-refractivity contribution in [1.82, 2.24) is 4.98 Å². The molecule has 2 rings (SSSR count). The third kappa shape index (κ3) is 3.21. The molecule has 1 aromatic carbocycles. The average Bonchev–Trinajstić information content (AvgIpc) is 2.88. The van der Waals surface area contributed by atoms with Gasteiger partial charge in [0.2, 0.25) is 5.91 Å². The number of nitrogens with one attached hydrogen (secondary N) is 1. The number of thiazole rings is 1. The predicted octanol–water partition coefficient (Wildman–Crippen LogP) is 2.77. The maximum absolute atomic E-state index is 12.4. The van der Waals surface area contributed by atoms with E-state index in [1.807, 2.05) is 37.3 Å². The van der Waals surface area contributed by atoms with Crippen LogP contribution in [0.2, 0.25) is 0 Å². The number of amides is 2. The second-order valence-electron chi connectivity index (χ2n) is 4.10. The second-order valence-corrected chi connectivity index (χ2v) is 4.96. The Bertz CT molecular complexity index is 610. The van der Waals surface area contributed by atoms with E-state index in [0.29, 0.717) is 17.4 Å². The highest BCUT2D eigenvalue weighted by Crippen LogP contribution is 2.20. The van der Waals surface area contributed by atoms with Crippen LogP contribution in [0.4, 0.5) is 10.8 Å².